The van der Waals surface area contributed by atoms with E-state index in [4.69, 9.17) is 0 Å². The van der Waals surface area contributed by atoms with E-state index in [1.165, 1.54) is 23.3 Å². The molecular weight excluding hydrogens is 580 g/mol. The zero-order chi connectivity index (χ0) is 31.3. The van der Waals surface area contributed by atoms with E-state index in [0.29, 0.717) is 19.4 Å². The summed E-state index contributed by atoms with van der Waals surface area (Å²) in [7, 11) is -3.51. The summed E-state index contributed by atoms with van der Waals surface area (Å²) in [5.41, 5.74) is 5.79. The van der Waals surface area contributed by atoms with Crippen molar-refractivity contribution in [1.82, 2.24) is 4.90 Å². The average Bonchev–Trinajstić information content (AvgIpc) is 3.11. The highest BCUT2D eigenvalue weighted by atomic mass is 32.2. The van der Waals surface area contributed by atoms with Crippen LogP contribution in [-0.2, 0) is 16.3 Å². The zero-order valence-electron chi connectivity index (χ0n) is 24.6. The molecule has 2 aromatic rings. The number of phenols is 1. The maximum atomic E-state index is 13.6. The Hall–Kier alpha value is -2.90. The number of hydrogen-bond acceptors (Lipinski definition) is 5. The van der Waals surface area contributed by atoms with E-state index in [9.17, 15) is 36.3 Å². The number of allylic oxidation sites excluding steroid dienone is 2. The highest BCUT2D eigenvalue weighted by Crippen LogP contribution is 2.39. The first-order valence-corrected chi connectivity index (χ1v) is 17.0. The summed E-state index contributed by atoms with van der Waals surface area (Å²) in [6, 6.07) is 14.4. The van der Waals surface area contributed by atoms with Crippen molar-refractivity contribution >= 4 is 21.0 Å². The van der Waals surface area contributed by atoms with Gasteiger partial charge in [0.15, 0.2) is 0 Å². The van der Waals surface area contributed by atoms with E-state index >= 15 is 0 Å². The summed E-state index contributed by atoms with van der Waals surface area (Å²) in [6.45, 7) is 1.54. The van der Waals surface area contributed by atoms with Crippen molar-refractivity contribution in [2.24, 2.45) is 0 Å². The second-order valence-corrected chi connectivity index (χ2v) is 13.6. The fraction of sp³-hybridized carbons (Fsp3) is 0.545. The van der Waals surface area contributed by atoms with Crippen LogP contribution in [0.1, 0.15) is 87.3 Å². The lowest BCUT2D eigenvalue weighted by molar-refractivity contribution is -0.134. The first-order valence-electron chi connectivity index (χ1n) is 15.1. The SMILES string of the molecule is N#CCN(CCCCCCC1=C(c2ccc(F)cc2)CCCc2cc(O)ccc21)CCCCS(=O)(=O)CCCC(F)(F)F. The van der Waals surface area contributed by atoms with Gasteiger partial charge in [-0.1, -0.05) is 31.0 Å². The van der Waals surface area contributed by atoms with Crippen molar-refractivity contribution in [3.63, 3.8) is 0 Å². The Morgan fingerprint density at radius 3 is 2.26 bits per heavy atom. The summed E-state index contributed by atoms with van der Waals surface area (Å²) < 4.78 is 74.5. The van der Waals surface area contributed by atoms with Crippen molar-refractivity contribution in [3.05, 3.63) is 65.0 Å². The van der Waals surface area contributed by atoms with Crippen LogP contribution in [0.5, 0.6) is 5.75 Å². The number of aromatic hydroxyl groups is 1. The Morgan fingerprint density at radius 2 is 1.56 bits per heavy atom. The van der Waals surface area contributed by atoms with Crippen LogP contribution in [0, 0.1) is 17.1 Å². The van der Waals surface area contributed by atoms with E-state index in [0.717, 1.165) is 74.6 Å². The summed E-state index contributed by atoms with van der Waals surface area (Å²) >= 11 is 0. The van der Waals surface area contributed by atoms with Crippen LogP contribution in [0.2, 0.25) is 0 Å². The number of rotatable bonds is 17. The van der Waals surface area contributed by atoms with Gasteiger partial charge in [-0.15, -0.1) is 0 Å². The van der Waals surface area contributed by atoms with E-state index < -0.39 is 34.6 Å². The van der Waals surface area contributed by atoms with Crippen LogP contribution in [0.4, 0.5) is 17.6 Å². The smallest absolute Gasteiger partial charge is 0.389 e. The largest absolute Gasteiger partial charge is 0.508 e. The second kappa shape index (κ2) is 16.8. The van der Waals surface area contributed by atoms with Crippen molar-refractivity contribution in [1.29, 1.82) is 5.26 Å². The number of nitriles is 1. The number of aryl methyl sites for hydroxylation is 1. The first-order chi connectivity index (χ1) is 20.5. The molecule has 0 saturated heterocycles. The van der Waals surface area contributed by atoms with Gasteiger partial charge in [0.05, 0.1) is 24.1 Å². The molecule has 0 fully saturated rings. The maximum absolute atomic E-state index is 13.6. The van der Waals surface area contributed by atoms with Crippen molar-refractivity contribution in [3.8, 4) is 11.8 Å². The Kier molecular flexibility index (Phi) is 13.5. The summed E-state index contributed by atoms with van der Waals surface area (Å²) in [5, 5.41) is 19.3. The minimum absolute atomic E-state index is 0.135. The molecule has 0 amide bonds. The molecule has 0 aromatic heterocycles. The Bertz CT molecular complexity index is 1350. The van der Waals surface area contributed by atoms with Crippen LogP contribution < -0.4 is 0 Å². The third-order valence-corrected chi connectivity index (χ3v) is 9.71. The molecule has 10 heteroatoms. The minimum Gasteiger partial charge on any atom is -0.508 e. The molecule has 0 saturated carbocycles. The lowest BCUT2D eigenvalue weighted by Gasteiger charge is -2.19. The standard InChI is InChI=1S/C33H42F4N2O3S/c34-28-14-12-26(13-15-28)30-11-7-9-27-25-29(40)16-17-31(27)32(30)10-3-1-2-4-20-39(22-19-38)21-5-6-23-43(41,42)24-8-18-33(35,36)37/h12-17,25,40H,1-11,18,20-24H2. The Morgan fingerprint density at radius 1 is 0.884 bits per heavy atom. The van der Waals surface area contributed by atoms with Crippen LogP contribution in [0.15, 0.2) is 42.5 Å². The second-order valence-electron chi connectivity index (χ2n) is 11.3. The molecule has 1 aliphatic rings. The number of benzene rings is 2. The number of phenolic OH excluding ortho intramolecular Hbond substituents is 1. The average molecular weight is 623 g/mol. The molecule has 0 heterocycles. The molecule has 0 bridgehead atoms. The van der Waals surface area contributed by atoms with Crippen molar-refractivity contribution < 1.29 is 31.1 Å². The van der Waals surface area contributed by atoms with Gasteiger partial charge in [0.25, 0.3) is 0 Å². The molecule has 2 aromatic carbocycles. The molecule has 43 heavy (non-hydrogen) atoms. The van der Waals surface area contributed by atoms with Gasteiger partial charge in [0.2, 0.25) is 0 Å². The molecule has 0 atom stereocenters. The normalized spacial score (nSPS) is 14.0. The topological polar surface area (TPSA) is 81.4 Å². The van der Waals surface area contributed by atoms with Gasteiger partial charge in [-0.2, -0.15) is 18.4 Å². The molecule has 3 rings (SSSR count). The van der Waals surface area contributed by atoms with Gasteiger partial charge < -0.3 is 5.11 Å². The van der Waals surface area contributed by atoms with Crippen LogP contribution in [-0.4, -0.2) is 55.7 Å². The predicted molar refractivity (Wildman–Crippen MR) is 163 cm³/mol. The molecule has 236 valence electrons. The molecule has 0 aliphatic heterocycles. The highest BCUT2D eigenvalue weighted by molar-refractivity contribution is 7.91. The molecule has 0 radical (unpaired) electrons. The number of alkyl halides is 3. The number of fused-ring (bicyclic) bond motifs is 1. The van der Waals surface area contributed by atoms with E-state index in [1.807, 2.05) is 29.2 Å². The van der Waals surface area contributed by atoms with Crippen LogP contribution in [0.3, 0.4) is 0 Å². The van der Waals surface area contributed by atoms with Gasteiger partial charge in [-0.3, -0.25) is 4.90 Å². The lowest BCUT2D eigenvalue weighted by atomic mass is 9.89. The minimum atomic E-state index is -4.34. The van der Waals surface area contributed by atoms with Crippen LogP contribution in [0.25, 0.3) is 11.1 Å². The highest BCUT2D eigenvalue weighted by Gasteiger charge is 2.27. The first kappa shape index (κ1) is 34.6. The number of hydrogen-bond donors (Lipinski definition) is 1. The van der Waals surface area contributed by atoms with Gasteiger partial charge in [-0.05, 0) is 123 Å². The van der Waals surface area contributed by atoms with Gasteiger partial charge >= 0.3 is 6.18 Å². The molecule has 0 spiro atoms. The third kappa shape index (κ3) is 12.3. The maximum Gasteiger partial charge on any atom is 0.389 e. The molecular formula is C33H42F4N2O3S. The number of unbranched alkanes of at least 4 members (excludes halogenated alkanes) is 4. The van der Waals surface area contributed by atoms with Crippen LogP contribution >= 0.6 is 0 Å². The number of sulfone groups is 1. The summed E-state index contributed by atoms with van der Waals surface area (Å²) in [5.74, 6) is -0.595. The number of halogens is 4. The van der Waals surface area contributed by atoms with Crippen molar-refractivity contribution in [2.45, 2.75) is 83.2 Å². The van der Waals surface area contributed by atoms with Gasteiger partial charge in [-0.25, -0.2) is 12.8 Å². The predicted octanol–water partition coefficient (Wildman–Crippen LogP) is 8.09. The van der Waals surface area contributed by atoms with Gasteiger partial charge in [0.1, 0.15) is 21.4 Å². The van der Waals surface area contributed by atoms with Crippen molar-refractivity contribution in [2.75, 3.05) is 31.1 Å². The van der Waals surface area contributed by atoms with E-state index in [-0.39, 0.29) is 23.9 Å². The summed E-state index contributed by atoms with van der Waals surface area (Å²) in [6.07, 6.45) is 2.47. The summed E-state index contributed by atoms with van der Waals surface area (Å²) in [4.78, 5) is 2.00. The lowest BCUT2D eigenvalue weighted by Crippen LogP contribution is -2.27. The molecule has 0 unspecified atom stereocenters. The van der Waals surface area contributed by atoms with Gasteiger partial charge in [0, 0.05) is 6.42 Å². The Balaban J connectivity index is 1.47. The van der Waals surface area contributed by atoms with E-state index in [1.54, 1.807) is 6.07 Å². The fourth-order valence-corrected chi connectivity index (χ4v) is 7.15. The zero-order valence-corrected chi connectivity index (χ0v) is 25.5. The Labute approximate surface area is 253 Å². The molecule has 1 aliphatic carbocycles. The third-order valence-electron chi connectivity index (χ3n) is 7.88. The fourth-order valence-electron chi connectivity index (χ4n) is 5.72. The monoisotopic (exact) mass is 622 g/mol. The molecule has 5 nitrogen and oxygen atoms in total. The number of nitrogens with zero attached hydrogens (tertiary/aromatic N) is 2. The van der Waals surface area contributed by atoms with E-state index in [2.05, 4.69) is 6.07 Å². The quantitative estimate of drug-likeness (QED) is 0.110. The molecule has 1 N–H and O–H groups in total.